The summed E-state index contributed by atoms with van der Waals surface area (Å²) in [6, 6.07) is 0.338. The van der Waals surface area contributed by atoms with Crippen LogP contribution in [0.1, 0.15) is 40.0 Å². The Morgan fingerprint density at radius 1 is 1.23 bits per heavy atom. The van der Waals surface area contributed by atoms with Crippen LogP contribution in [0.5, 0.6) is 0 Å². The standard InChI is InChI=1S/C11H25NO/c1-5-10(6-2)11(12)9(3)7-8-13-4/h9-11H,5-8,12H2,1-4H3. The average Bonchev–Trinajstić information content (AvgIpc) is 2.15. The van der Waals surface area contributed by atoms with Gasteiger partial charge in [0.05, 0.1) is 0 Å². The summed E-state index contributed by atoms with van der Waals surface area (Å²) in [7, 11) is 1.75. The van der Waals surface area contributed by atoms with Crippen molar-refractivity contribution in [2.24, 2.45) is 17.6 Å². The molecule has 0 amide bonds. The van der Waals surface area contributed by atoms with Crippen LogP contribution in [-0.4, -0.2) is 19.8 Å². The summed E-state index contributed by atoms with van der Waals surface area (Å²) in [5.41, 5.74) is 6.17. The van der Waals surface area contributed by atoms with Crippen molar-refractivity contribution < 1.29 is 4.74 Å². The van der Waals surface area contributed by atoms with Crippen molar-refractivity contribution in [2.45, 2.75) is 46.1 Å². The molecule has 0 aromatic carbocycles. The van der Waals surface area contributed by atoms with E-state index in [0.717, 1.165) is 13.0 Å². The lowest BCUT2D eigenvalue weighted by atomic mass is 9.85. The van der Waals surface area contributed by atoms with Gasteiger partial charge in [0.1, 0.15) is 0 Å². The molecule has 13 heavy (non-hydrogen) atoms. The Kier molecular flexibility index (Phi) is 7.29. The van der Waals surface area contributed by atoms with Gasteiger partial charge in [0.2, 0.25) is 0 Å². The molecule has 0 radical (unpaired) electrons. The van der Waals surface area contributed by atoms with Crippen molar-refractivity contribution in [3.8, 4) is 0 Å². The maximum absolute atomic E-state index is 6.17. The highest BCUT2D eigenvalue weighted by molar-refractivity contribution is 4.76. The third-order valence-corrected chi connectivity index (χ3v) is 3.03. The van der Waals surface area contributed by atoms with Gasteiger partial charge in [0.25, 0.3) is 0 Å². The number of hydrogen-bond donors (Lipinski definition) is 1. The summed E-state index contributed by atoms with van der Waals surface area (Å²) in [5, 5.41) is 0. The molecule has 2 heteroatoms. The van der Waals surface area contributed by atoms with Gasteiger partial charge in [-0.05, 0) is 18.3 Å². The van der Waals surface area contributed by atoms with Crippen LogP contribution < -0.4 is 5.73 Å². The molecular weight excluding hydrogens is 162 g/mol. The first kappa shape index (κ1) is 12.9. The molecule has 0 saturated heterocycles. The Balaban J connectivity index is 3.83. The molecule has 0 aliphatic carbocycles. The monoisotopic (exact) mass is 187 g/mol. The molecule has 0 aliphatic rings. The fourth-order valence-corrected chi connectivity index (χ4v) is 1.79. The van der Waals surface area contributed by atoms with Gasteiger partial charge in [0, 0.05) is 19.8 Å². The van der Waals surface area contributed by atoms with E-state index >= 15 is 0 Å². The minimum Gasteiger partial charge on any atom is -0.385 e. The average molecular weight is 187 g/mol. The third-order valence-electron chi connectivity index (χ3n) is 3.03. The van der Waals surface area contributed by atoms with Gasteiger partial charge in [0.15, 0.2) is 0 Å². The van der Waals surface area contributed by atoms with E-state index < -0.39 is 0 Å². The van der Waals surface area contributed by atoms with Crippen LogP contribution in [0.15, 0.2) is 0 Å². The molecule has 2 nitrogen and oxygen atoms in total. The summed E-state index contributed by atoms with van der Waals surface area (Å²) >= 11 is 0. The van der Waals surface area contributed by atoms with Crippen molar-refractivity contribution in [3.63, 3.8) is 0 Å². The molecule has 0 saturated carbocycles. The highest BCUT2D eigenvalue weighted by Gasteiger charge is 2.19. The molecule has 0 aromatic heterocycles. The second kappa shape index (κ2) is 7.34. The number of nitrogens with two attached hydrogens (primary N) is 1. The maximum atomic E-state index is 6.17. The van der Waals surface area contributed by atoms with E-state index in [4.69, 9.17) is 10.5 Å². The summed E-state index contributed by atoms with van der Waals surface area (Å²) in [5.74, 6) is 1.25. The van der Waals surface area contributed by atoms with Crippen LogP contribution in [0, 0.1) is 11.8 Å². The fraction of sp³-hybridized carbons (Fsp3) is 1.00. The van der Waals surface area contributed by atoms with Gasteiger partial charge in [-0.25, -0.2) is 0 Å². The van der Waals surface area contributed by atoms with Crippen LogP contribution in [0.3, 0.4) is 0 Å². The highest BCUT2D eigenvalue weighted by atomic mass is 16.5. The molecule has 0 bridgehead atoms. The van der Waals surface area contributed by atoms with Gasteiger partial charge in [-0.2, -0.15) is 0 Å². The lowest BCUT2D eigenvalue weighted by Crippen LogP contribution is -2.36. The van der Waals surface area contributed by atoms with Gasteiger partial charge >= 0.3 is 0 Å². The zero-order valence-electron chi connectivity index (χ0n) is 9.55. The number of ether oxygens (including phenoxy) is 1. The number of hydrogen-bond acceptors (Lipinski definition) is 2. The molecule has 0 rings (SSSR count). The molecular formula is C11H25NO. The van der Waals surface area contributed by atoms with Crippen molar-refractivity contribution in [2.75, 3.05) is 13.7 Å². The van der Waals surface area contributed by atoms with Crippen LogP contribution in [0.25, 0.3) is 0 Å². The summed E-state index contributed by atoms with van der Waals surface area (Å²) in [6.07, 6.45) is 3.46. The summed E-state index contributed by atoms with van der Waals surface area (Å²) < 4.78 is 5.05. The Morgan fingerprint density at radius 3 is 2.15 bits per heavy atom. The SMILES string of the molecule is CCC(CC)C(N)C(C)CCOC. The second-order valence-electron chi connectivity index (χ2n) is 3.91. The van der Waals surface area contributed by atoms with Crippen molar-refractivity contribution in [1.29, 1.82) is 0 Å². The normalized spacial score (nSPS) is 16.2. The van der Waals surface area contributed by atoms with Crippen LogP contribution in [0.4, 0.5) is 0 Å². The summed E-state index contributed by atoms with van der Waals surface area (Å²) in [6.45, 7) is 7.49. The van der Waals surface area contributed by atoms with Crippen LogP contribution in [-0.2, 0) is 4.74 Å². The van der Waals surface area contributed by atoms with E-state index in [1.807, 2.05) is 0 Å². The number of methoxy groups -OCH3 is 1. The zero-order chi connectivity index (χ0) is 10.3. The Bertz CT molecular complexity index is 113. The van der Waals surface area contributed by atoms with E-state index in [9.17, 15) is 0 Å². The van der Waals surface area contributed by atoms with E-state index in [-0.39, 0.29) is 0 Å². The Hall–Kier alpha value is -0.0800. The van der Waals surface area contributed by atoms with Crippen LogP contribution in [0.2, 0.25) is 0 Å². The molecule has 2 atom stereocenters. The lowest BCUT2D eigenvalue weighted by molar-refractivity contribution is 0.165. The topological polar surface area (TPSA) is 35.2 Å². The molecule has 0 heterocycles. The molecule has 0 aliphatic heterocycles. The largest absolute Gasteiger partial charge is 0.385 e. The van der Waals surface area contributed by atoms with E-state index in [1.54, 1.807) is 7.11 Å². The molecule has 0 spiro atoms. The van der Waals surface area contributed by atoms with Crippen molar-refractivity contribution >= 4 is 0 Å². The lowest BCUT2D eigenvalue weighted by Gasteiger charge is -2.27. The summed E-state index contributed by atoms with van der Waals surface area (Å²) in [4.78, 5) is 0. The second-order valence-corrected chi connectivity index (χ2v) is 3.91. The molecule has 0 aromatic rings. The minimum atomic E-state index is 0.338. The third kappa shape index (κ3) is 4.63. The van der Waals surface area contributed by atoms with E-state index in [1.165, 1.54) is 12.8 Å². The Labute approximate surface area is 82.8 Å². The molecule has 80 valence electrons. The van der Waals surface area contributed by atoms with Crippen LogP contribution >= 0.6 is 0 Å². The molecule has 2 N–H and O–H groups in total. The highest BCUT2D eigenvalue weighted by Crippen LogP contribution is 2.19. The first-order chi connectivity index (χ1) is 6.17. The van der Waals surface area contributed by atoms with Crippen molar-refractivity contribution in [3.05, 3.63) is 0 Å². The van der Waals surface area contributed by atoms with Crippen molar-refractivity contribution in [1.82, 2.24) is 0 Å². The van der Waals surface area contributed by atoms with Gasteiger partial charge < -0.3 is 10.5 Å². The predicted molar refractivity (Wildman–Crippen MR) is 57.7 cm³/mol. The molecule has 0 fully saturated rings. The predicted octanol–water partition coefficient (Wildman–Crippen LogP) is 2.42. The van der Waals surface area contributed by atoms with E-state index in [0.29, 0.717) is 17.9 Å². The minimum absolute atomic E-state index is 0.338. The first-order valence-corrected chi connectivity index (χ1v) is 5.41. The Morgan fingerprint density at radius 2 is 1.77 bits per heavy atom. The quantitative estimate of drug-likeness (QED) is 0.664. The number of rotatable bonds is 7. The van der Waals surface area contributed by atoms with Gasteiger partial charge in [-0.1, -0.05) is 33.6 Å². The van der Waals surface area contributed by atoms with E-state index in [2.05, 4.69) is 20.8 Å². The smallest absolute Gasteiger partial charge is 0.0465 e. The maximum Gasteiger partial charge on any atom is 0.0465 e. The molecule has 2 unspecified atom stereocenters. The fourth-order valence-electron chi connectivity index (χ4n) is 1.79. The van der Waals surface area contributed by atoms with Gasteiger partial charge in [-0.3, -0.25) is 0 Å². The van der Waals surface area contributed by atoms with Gasteiger partial charge in [-0.15, -0.1) is 0 Å². The zero-order valence-corrected chi connectivity index (χ0v) is 9.55. The first-order valence-electron chi connectivity index (χ1n) is 5.41.